The first-order chi connectivity index (χ1) is 13.1. The van der Waals surface area contributed by atoms with Crippen molar-refractivity contribution in [1.29, 1.82) is 0 Å². The highest BCUT2D eigenvalue weighted by Gasteiger charge is 2.31. The van der Waals surface area contributed by atoms with Gasteiger partial charge in [0.25, 0.3) is 0 Å². The summed E-state index contributed by atoms with van der Waals surface area (Å²) in [6.45, 7) is 4.34. The summed E-state index contributed by atoms with van der Waals surface area (Å²) < 4.78 is 13.0. The van der Waals surface area contributed by atoms with Gasteiger partial charge in [-0.3, -0.25) is 4.79 Å². The minimum Gasteiger partial charge on any atom is -0.341 e. The number of aryl methyl sites for hydroxylation is 2. The summed E-state index contributed by atoms with van der Waals surface area (Å²) in [6, 6.07) is 6.42. The van der Waals surface area contributed by atoms with Gasteiger partial charge >= 0.3 is 0 Å². The second kappa shape index (κ2) is 7.62. The lowest BCUT2D eigenvalue weighted by molar-refractivity contribution is -0.123. The number of piperidine rings is 1. The maximum absolute atomic E-state index is 13.3. The van der Waals surface area contributed by atoms with Gasteiger partial charge in [0, 0.05) is 31.2 Å². The molecule has 1 amide bonds. The van der Waals surface area contributed by atoms with Crippen LogP contribution in [-0.4, -0.2) is 35.5 Å². The van der Waals surface area contributed by atoms with Crippen LogP contribution in [0.15, 0.2) is 30.6 Å². The highest BCUT2D eigenvalue weighted by atomic mass is 19.1. The molecule has 0 radical (unpaired) electrons. The number of amides is 1. The average molecular weight is 368 g/mol. The van der Waals surface area contributed by atoms with Crippen LogP contribution in [0.2, 0.25) is 0 Å². The van der Waals surface area contributed by atoms with Crippen LogP contribution in [0.5, 0.6) is 0 Å². The van der Waals surface area contributed by atoms with Crippen molar-refractivity contribution >= 4 is 17.5 Å². The Kier molecular flexibility index (Phi) is 5.05. The van der Waals surface area contributed by atoms with E-state index >= 15 is 0 Å². The van der Waals surface area contributed by atoms with Crippen LogP contribution in [-0.2, 0) is 11.2 Å². The summed E-state index contributed by atoms with van der Waals surface area (Å²) in [5, 5.41) is 0. The molecule has 1 fully saturated rings. The number of hydrogen-bond donors (Lipinski definition) is 0. The number of anilines is 2. The Balaban J connectivity index is 1.46. The number of benzene rings is 1. The van der Waals surface area contributed by atoms with Crippen molar-refractivity contribution in [3.63, 3.8) is 0 Å². The van der Waals surface area contributed by atoms with E-state index in [9.17, 15) is 9.18 Å². The summed E-state index contributed by atoms with van der Waals surface area (Å²) >= 11 is 0. The third kappa shape index (κ3) is 3.80. The van der Waals surface area contributed by atoms with E-state index in [1.165, 1.54) is 23.5 Å². The van der Waals surface area contributed by atoms with Crippen LogP contribution in [0.4, 0.5) is 16.0 Å². The van der Waals surface area contributed by atoms with E-state index in [0.29, 0.717) is 5.95 Å². The molecular weight excluding hydrogens is 343 g/mol. The van der Waals surface area contributed by atoms with Crippen LogP contribution < -0.4 is 9.80 Å². The zero-order chi connectivity index (χ0) is 18.8. The molecule has 0 aliphatic carbocycles. The standard InChI is InChI=1S/C21H25FN4O/c1-15-5-6-19-17(12-15)4-2-3-9-26(19)20(27)16-7-10-25(11-8-16)21-23-13-18(22)14-24-21/h5-6,12-14,16H,2-4,7-11H2,1H3. The van der Waals surface area contributed by atoms with Crippen LogP contribution in [0.3, 0.4) is 0 Å². The van der Waals surface area contributed by atoms with Crippen molar-refractivity contribution in [2.45, 2.75) is 39.0 Å². The van der Waals surface area contributed by atoms with Gasteiger partial charge < -0.3 is 9.80 Å². The molecule has 2 aliphatic heterocycles. The first kappa shape index (κ1) is 17.9. The zero-order valence-electron chi connectivity index (χ0n) is 15.7. The van der Waals surface area contributed by atoms with Crippen molar-refractivity contribution in [3.05, 3.63) is 47.5 Å². The Morgan fingerprint density at radius 3 is 2.59 bits per heavy atom. The number of rotatable bonds is 2. The van der Waals surface area contributed by atoms with Gasteiger partial charge in [-0.2, -0.15) is 0 Å². The van der Waals surface area contributed by atoms with Crippen molar-refractivity contribution < 1.29 is 9.18 Å². The predicted molar refractivity (Wildman–Crippen MR) is 103 cm³/mol. The predicted octanol–water partition coefficient (Wildman–Crippen LogP) is 3.51. The molecule has 27 heavy (non-hydrogen) atoms. The fourth-order valence-electron chi connectivity index (χ4n) is 4.13. The van der Waals surface area contributed by atoms with Crippen molar-refractivity contribution in [2.75, 3.05) is 29.4 Å². The number of carbonyl (C=O) groups is 1. The molecule has 0 N–H and O–H groups in total. The van der Waals surface area contributed by atoms with Gasteiger partial charge in [0.15, 0.2) is 5.82 Å². The van der Waals surface area contributed by atoms with Crippen molar-refractivity contribution in [3.8, 4) is 0 Å². The quantitative estimate of drug-likeness (QED) is 0.814. The molecule has 0 unspecified atom stereocenters. The third-order valence-corrected chi connectivity index (χ3v) is 5.60. The lowest BCUT2D eigenvalue weighted by Gasteiger charge is -2.34. The first-order valence-electron chi connectivity index (χ1n) is 9.75. The van der Waals surface area contributed by atoms with Gasteiger partial charge in [0.1, 0.15) is 0 Å². The van der Waals surface area contributed by atoms with E-state index in [0.717, 1.165) is 57.4 Å². The minimum absolute atomic E-state index is 0.0222. The molecule has 0 atom stereocenters. The molecule has 2 aliphatic rings. The van der Waals surface area contributed by atoms with E-state index < -0.39 is 5.82 Å². The van der Waals surface area contributed by atoms with Gasteiger partial charge in [-0.15, -0.1) is 0 Å². The Morgan fingerprint density at radius 2 is 1.85 bits per heavy atom. The van der Waals surface area contributed by atoms with E-state index in [4.69, 9.17) is 0 Å². The topological polar surface area (TPSA) is 49.3 Å². The Morgan fingerprint density at radius 1 is 1.11 bits per heavy atom. The molecule has 6 heteroatoms. The fraction of sp³-hybridized carbons (Fsp3) is 0.476. The number of halogens is 1. The SMILES string of the molecule is Cc1ccc2c(c1)CCCCN2C(=O)C1CCN(c2ncc(F)cn2)CC1. The zero-order valence-corrected chi connectivity index (χ0v) is 15.7. The number of aromatic nitrogens is 2. The van der Waals surface area contributed by atoms with Gasteiger partial charge in [-0.05, 0) is 50.7 Å². The summed E-state index contributed by atoms with van der Waals surface area (Å²) in [5.41, 5.74) is 3.63. The Bertz CT molecular complexity index is 815. The van der Waals surface area contributed by atoms with Crippen LogP contribution in [0, 0.1) is 18.7 Å². The largest absolute Gasteiger partial charge is 0.341 e. The fourth-order valence-corrected chi connectivity index (χ4v) is 4.13. The number of hydrogen-bond acceptors (Lipinski definition) is 4. The molecule has 1 aromatic heterocycles. The molecule has 4 rings (SSSR count). The molecule has 0 spiro atoms. The van der Waals surface area contributed by atoms with Gasteiger partial charge in [-0.25, -0.2) is 14.4 Å². The lowest BCUT2D eigenvalue weighted by atomic mass is 9.94. The third-order valence-electron chi connectivity index (χ3n) is 5.60. The van der Waals surface area contributed by atoms with Crippen LogP contribution >= 0.6 is 0 Å². The van der Waals surface area contributed by atoms with Gasteiger partial charge in [0.05, 0.1) is 12.4 Å². The highest BCUT2D eigenvalue weighted by molar-refractivity contribution is 5.96. The second-order valence-electron chi connectivity index (χ2n) is 7.54. The van der Waals surface area contributed by atoms with Crippen LogP contribution in [0.25, 0.3) is 0 Å². The molecule has 0 bridgehead atoms. The molecule has 1 aromatic carbocycles. The Labute approximate surface area is 159 Å². The van der Waals surface area contributed by atoms with Crippen molar-refractivity contribution in [1.82, 2.24) is 9.97 Å². The summed E-state index contributed by atoms with van der Waals surface area (Å²) in [6.07, 6.45) is 7.14. The smallest absolute Gasteiger partial charge is 0.230 e. The van der Waals surface area contributed by atoms with E-state index in [1.807, 2.05) is 9.80 Å². The molecule has 1 saturated heterocycles. The number of carbonyl (C=O) groups excluding carboxylic acids is 1. The molecule has 142 valence electrons. The number of nitrogens with zero attached hydrogens (tertiary/aromatic N) is 4. The molecule has 0 saturated carbocycles. The summed E-state index contributed by atoms with van der Waals surface area (Å²) in [4.78, 5) is 25.4. The molecular formula is C21H25FN4O. The molecule has 5 nitrogen and oxygen atoms in total. The van der Waals surface area contributed by atoms with E-state index in [-0.39, 0.29) is 11.8 Å². The molecule has 3 heterocycles. The van der Waals surface area contributed by atoms with Gasteiger partial charge in [-0.1, -0.05) is 17.7 Å². The maximum atomic E-state index is 13.3. The monoisotopic (exact) mass is 368 g/mol. The highest BCUT2D eigenvalue weighted by Crippen LogP contribution is 2.31. The first-order valence-corrected chi connectivity index (χ1v) is 9.75. The minimum atomic E-state index is -0.432. The number of fused-ring (bicyclic) bond motifs is 1. The van der Waals surface area contributed by atoms with Crippen LogP contribution in [0.1, 0.15) is 36.8 Å². The second-order valence-corrected chi connectivity index (χ2v) is 7.54. The average Bonchev–Trinajstić information content (AvgIpc) is 2.90. The Hall–Kier alpha value is -2.50. The summed E-state index contributed by atoms with van der Waals surface area (Å²) in [5.74, 6) is 0.368. The van der Waals surface area contributed by atoms with Crippen molar-refractivity contribution in [2.24, 2.45) is 5.92 Å². The summed E-state index contributed by atoms with van der Waals surface area (Å²) in [7, 11) is 0. The van der Waals surface area contributed by atoms with Gasteiger partial charge in [0.2, 0.25) is 11.9 Å². The van der Waals surface area contributed by atoms with E-state index in [1.54, 1.807) is 0 Å². The maximum Gasteiger partial charge on any atom is 0.230 e. The lowest BCUT2D eigenvalue weighted by Crippen LogP contribution is -2.43. The molecule has 2 aromatic rings. The normalized spacial score (nSPS) is 18.1. The van der Waals surface area contributed by atoms with E-state index in [2.05, 4.69) is 35.1 Å².